The highest BCUT2D eigenvalue weighted by Crippen LogP contribution is 2.32. The number of anilines is 2. The van der Waals surface area contributed by atoms with E-state index in [9.17, 15) is 0 Å². The number of ether oxygens (including phenoxy) is 1. The van der Waals surface area contributed by atoms with E-state index in [4.69, 9.17) is 4.74 Å². The highest BCUT2D eigenvalue weighted by Gasteiger charge is 2.27. The number of aromatic nitrogens is 2. The third kappa shape index (κ3) is 3.20. The molecule has 1 aromatic rings. The summed E-state index contributed by atoms with van der Waals surface area (Å²) in [6.45, 7) is 9.42. The molecule has 0 spiro atoms. The van der Waals surface area contributed by atoms with Gasteiger partial charge in [0, 0.05) is 32.3 Å². The van der Waals surface area contributed by atoms with Crippen LogP contribution in [0.2, 0.25) is 0 Å². The van der Waals surface area contributed by atoms with E-state index in [1.54, 1.807) is 13.4 Å². The molecule has 0 bridgehead atoms. The predicted octanol–water partition coefficient (Wildman–Crippen LogP) is 2.65. The molecular formula is C15H26N4O. The summed E-state index contributed by atoms with van der Waals surface area (Å²) >= 11 is 0. The van der Waals surface area contributed by atoms with Gasteiger partial charge in [0.25, 0.3) is 0 Å². The van der Waals surface area contributed by atoms with E-state index >= 15 is 0 Å². The van der Waals surface area contributed by atoms with Gasteiger partial charge >= 0.3 is 0 Å². The Morgan fingerprint density at radius 3 is 2.85 bits per heavy atom. The van der Waals surface area contributed by atoms with Crippen molar-refractivity contribution in [2.75, 3.05) is 37.0 Å². The van der Waals surface area contributed by atoms with E-state index in [2.05, 4.69) is 41.0 Å². The fourth-order valence-electron chi connectivity index (χ4n) is 2.67. The van der Waals surface area contributed by atoms with Crippen LogP contribution in [0.25, 0.3) is 0 Å². The zero-order chi connectivity index (χ0) is 14.5. The standard InChI is InChI=1S/C15H26N4O/c1-5-7-16-14-13(11(2)3)15(18-10-17-14)19-8-6-12(9-19)20-4/h10-12H,5-9H2,1-4H3,(H,16,17,18). The zero-order valence-electron chi connectivity index (χ0n) is 13.0. The van der Waals surface area contributed by atoms with Crippen LogP contribution < -0.4 is 10.2 Å². The summed E-state index contributed by atoms with van der Waals surface area (Å²) < 4.78 is 5.46. The Labute approximate surface area is 121 Å². The van der Waals surface area contributed by atoms with Crippen LogP contribution in [0.4, 0.5) is 11.6 Å². The number of nitrogens with one attached hydrogen (secondary N) is 1. The van der Waals surface area contributed by atoms with Gasteiger partial charge in [0.2, 0.25) is 0 Å². The summed E-state index contributed by atoms with van der Waals surface area (Å²) in [4.78, 5) is 11.3. The van der Waals surface area contributed by atoms with Crippen molar-refractivity contribution in [3.05, 3.63) is 11.9 Å². The molecule has 20 heavy (non-hydrogen) atoms. The Hall–Kier alpha value is -1.36. The Balaban J connectivity index is 2.27. The highest BCUT2D eigenvalue weighted by atomic mass is 16.5. The summed E-state index contributed by atoms with van der Waals surface area (Å²) in [5, 5.41) is 3.42. The first-order valence-corrected chi connectivity index (χ1v) is 7.53. The Kier molecular flexibility index (Phi) is 5.17. The first kappa shape index (κ1) is 15.0. The SMILES string of the molecule is CCCNc1ncnc(N2CCC(OC)C2)c1C(C)C. The van der Waals surface area contributed by atoms with Crippen molar-refractivity contribution in [3.63, 3.8) is 0 Å². The van der Waals surface area contributed by atoms with Crippen LogP contribution in [0.15, 0.2) is 6.33 Å². The quantitative estimate of drug-likeness (QED) is 0.867. The molecule has 112 valence electrons. The number of methoxy groups -OCH3 is 1. The van der Waals surface area contributed by atoms with Crippen molar-refractivity contribution in [1.82, 2.24) is 9.97 Å². The van der Waals surface area contributed by atoms with Crippen LogP contribution in [0.1, 0.15) is 45.1 Å². The van der Waals surface area contributed by atoms with E-state index in [0.717, 1.165) is 44.1 Å². The van der Waals surface area contributed by atoms with E-state index in [-0.39, 0.29) is 0 Å². The lowest BCUT2D eigenvalue weighted by atomic mass is 10.0. The second-order valence-corrected chi connectivity index (χ2v) is 5.63. The fraction of sp³-hybridized carbons (Fsp3) is 0.733. The first-order valence-electron chi connectivity index (χ1n) is 7.53. The molecule has 1 aliphatic rings. The minimum Gasteiger partial charge on any atom is -0.380 e. The molecule has 1 fully saturated rings. The molecule has 1 aliphatic heterocycles. The van der Waals surface area contributed by atoms with Crippen LogP contribution in [-0.2, 0) is 4.74 Å². The van der Waals surface area contributed by atoms with Gasteiger partial charge in [0.15, 0.2) is 0 Å². The molecule has 1 atom stereocenters. The summed E-state index contributed by atoms with van der Waals surface area (Å²) in [5.41, 5.74) is 1.22. The lowest BCUT2D eigenvalue weighted by molar-refractivity contribution is 0.121. The molecule has 1 aromatic heterocycles. The molecule has 2 heterocycles. The number of hydrogen-bond acceptors (Lipinski definition) is 5. The third-order valence-corrected chi connectivity index (χ3v) is 3.76. The molecule has 1 saturated heterocycles. The Bertz CT molecular complexity index is 436. The monoisotopic (exact) mass is 278 g/mol. The van der Waals surface area contributed by atoms with E-state index in [0.29, 0.717) is 12.0 Å². The molecule has 1 unspecified atom stereocenters. The van der Waals surface area contributed by atoms with Gasteiger partial charge < -0.3 is 15.0 Å². The van der Waals surface area contributed by atoms with Crippen molar-refractivity contribution < 1.29 is 4.74 Å². The minimum absolute atomic E-state index is 0.317. The van der Waals surface area contributed by atoms with Gasteiger partial charge in [-0.25, -0.2) is 9.97 Å². The van der Waals surface area contributed by atoms with Crippen LogP contribution in [0.5, 0.6) is 0 Å². The Morgan fingerprint density at radius 1 is 1.45 bits per heavy atom. The van der Waals surface area contributed by atoms with E-state index in [1.165, 1.54) is 5.56 Å². The smallest absolute Gasteiger partial charge is 0.137 e. The summed E-state index contributed by atoms with van der Waals surface area (Å²) in [7, 11) is 1.78. The van der Waals surface area contributed by atoms with Gasteiger partial charge in [-0.05, 0) is 18.8 Å². The van der Waals surface area contributed by atoms with Crippen molar-refractivity contribution in [1.29, 1.82) is 0 Å². The van der Waals surface area contributed by atoms with Crippen LogP contribution in [0, 0.1) is 0 Å². The third-order valence-electron chi connectivity index (χ3n) is 3.76. The fourth-order valence-corrected chi connectivity index (χ4v) is 2.67. The van der Waals surface area contributed by atoms with Crippen molar-refractivity contribution in [3.8, 4) is 0 Å². The van der Waals surface area contributed by atoms with Crippen molar-refractivity contribution >= 4 is 11.6 Å². The van der Waals surface area contributed by atoms with Crippen LogP contribution in [-0.4, -0.2) is 42.8 Å². The lowest BCUT2D eigenvalue weighted by Crippen LogP contribution is -2.25. The second-order valence-electron chi connectivity index (χ2n) is 5.63. The average Bonchev–Trinajstić information content (AvgIpc) is 2.93. The lowest BCUT2D eigenvalue weighted by Gasteiger charge is -2.24. The maximum absolute atomic E-state index is 5.46. The highest BCUT2D eigenvalue weighted by molar-refractivity contribution is 5.60. The average molecular weight is 278 g/mol. The number of rotatable bonds is 6. The van der Waals surface area contributed by atoms with Crippen molar-refractivity contribution in [2.24, 2.45) is 0 Å². The molecule has 1 N–H and O–H groups in total. The van der Waals surface area contributed by atoms with Gasteiger partial charge in [0.1, 0.15) is 18.0 Å². The van der Waals surface area contributed by atoms with Crippen molar-refractivity contribution in [2.45, 2.75) is 45.6 Å². The molecular weight excluding hydrogens is 252 g/mol. The molecule has 5 heteroatoms. The second kappa shape index (κ2) is 6.88. The Morgan fingerprint density at radius 2 is 2.25 bits per heavy atom. The van der Waals surface area contributed by atoms with E-state index < -0.39 is 0 Å². The van der Waals surface area contributed by atoms with Gasteiger partial charge in [-0.2, -0.15) is 0 Å². The molecule has 2 rings (SSSR count). The molecule has 0 aliphatic carbocycles. The summed E-state index contributed by atoms with van der Waals surface area (Å²) in [5.74, 6) is 2.44. The van der Waals surface area contributed by atoms with Gasteiger partial charge in [-0.15, -0.1) is 0 Å². The first-order chi connectivity index (χ1) is 9.67. The number of hydrogen-bond donors (Lipinski definition) is 1. The maximum atomic E-state index is 5.46. The van der Waals surface area contributed by atoms with Gasteiger partial charge in [-0.3, -0.25) is 0 Å². The molecule has 0 radical (unpaired) electrons. The molecule has 0 amide bonds. The molecule has 5 nitrogen and oxygen atoms in total. The van der Waals surface area contributed by atoms with E-state index in [1.807, 2.05) is 0 Å². The summed E-state index contributed by atoms with van der Waals surface area (Å²) in [6.07, 6.45) is 4.14. The summed E-state index contributed by atoms with van der Waals surface area (Å²) in [6, 6.07) is 0. The maximum Gasteiger partial charge on any atom is 0.137 e. The predicted molar refractivity (Wildman–Crippen MR) is 82.5 cm³/mol. The molecule has 0 saturated carbocycles. The zero-order valence-corrected chi connectivity index (χ0v) is 13.0. The van der Waals surface area contributed by atoms with Gasteiger partial charge in [0.05, 0.1) is 6.10 Å². The molecule has 0 aromatic carbocycles. The normalized spacial score (nSPS) is 18.9. The minimum atomic E-state index is 0.317. The largest absolute Gasteiger partial charge is 0.380 e. The number of nitrogens with zero attached hydrogens (tertiary/aromatic N) is 3. The van der Waals surface area contributed by atoms with Crippen LogP contribution >= 0.6 is 0 Å². The van der Waals surface area contributed by atoms with Gasteiger partial charge in [-0.1, -0.05) is 20.8 Å². The van der Waals surface area contributed by atoms with Crippen LogP contribution in [0.3, 0.4) is 0 Å². The topological polar surface area (TPSA) is 50.3 Å².